The van der Waals surface area contributed by atoms with E-state index in [1.165, 1.54) is 58.4 Å². The molecule has 16 heteroatoms. The molecule has 11 nitrogen and oxygen atoms in total. The summed E-state index contributed by atoms with van der Waals surface area (Å²) in [5.41, 5.74) is 2.83. The summed E-state index contributed by atoms with van der Waals surface area (Å²) in [5.74, 6) is 0.282. The van der Waals surface area contributed by atoms with Gasteiger partial charge in [0.05, 0.1) is 22.2 Å². The number of carboxylic acid groups (broad SMARTS) is 1. The van der Waals surface area contributed by atoms with Crippen LogP contribution in [0.4, 0.5) is 19.1 Å². The van der Waals surface area contributed by atoms with Crippen LogP contribution in [0.2, 0.25) is 5.02 Å². The van der Waals surface area contributed by atoms with E-state index in [2.05, 4.69) is 57.0 Å². The molecule has 3 aliphatic rings. The fraction of sp³-hybridized carbons (Fsp3) is 0.550. The molecule has 3 aliphatic heterocycles. The number of likely N-dealkylation sites (tertiary alicyclic amines) is 1. The molecule has 2 aromatic carbocycles. The van der Waals surface area contributed by atoms with Crippen LogP contribution in [0.25, 0.3) is 0 Å². The number of piperidine rings is 2. The van der Waals surface area contributed by atoms with Crippen LogP contribution in [0, 0.1) is 17.2 Å². The fourth-order valence-corrected chi connectivity index (χ4v) is 7.75. The normalized spacial score (nSPS) is 17.8. The number of nitriles is 1. The van der Waals surface area contributed by atoms with E-state index in [1.54, 1.807) is 0 Å². The molecule has 2 N–H and O–H groups in total. The van der Waals surface area contributed by atoms with Crippen molar-refractivity contribution in [2.75, 3.05) is 76.3 Å². The van der Waals surface area contributed by atoms with Crippen molar-refractivity contribution in [2.45, 2.75) is 63.8 Å². The molecular formula is C40H50Cl2F3N7O4. The lowest BCUT2D eigenvalue weighted by Crippen LogP contribution is -2.50. The molecule has 3 saturated heterocycles. The number of aromatic nitrogens is 2. The summed E-state index contributed by atoms with van der Waals surface area (Å²) in [4.78, 5) is 26.1. The van der Waals surface area contributed by atoms with Gasteiger partial charge in [-0.2, -0.15) is 18.4 Å². The van der Waals surface area contributed by atoms with Crippen molar-refractivity contribution >= 4 is 35.1 Å². The molecule has 304 valence electrons. The molecular weight excluding hydrogens is 770 g/mol. The minimum absolute atomic E-state index is 0.284. The van der Waals surface area contributed by atoms with Crippen LogP contribution in [-0.2, 0) is 16.8 Å². The third kappa shape index (κ3) is 11.8. The van der Waals surface area contributed by atoms with Crippen LogP contribution in [-0.4, -0.2) is 114 Å². The van der Waals surface area contributed by atoms with Crippen molar-refractivity contribution in [1.82, 2.24) is 25.1 Å². The number of nitrogens with one attached hydrogen (secondary N) is 1. The first kappa shape index (κ1) is 43.3. The van der Waals surface area contributed by atoms with Gasteiger partial charge in [0.15, 0.2) is 5.75 Å². The van der Waals surface area contributed by atoms with Crippen molar-refractivity contribution in [1.29, 1.82) is 5.26 Å². The highest BCUT2D eigenvalue weighted by molar-refractivity contribution is 6.32. The maximum atomic E-state index is 10.6. The second-order valence-electron chi connectivity index (χ2n) is 14.8. The number of rotatable bonds is 12. The van der Waals surface area contributed by atoms with E-state index in [0.717, 1.165) is 66.7 Å². The number of carbonyl (C=O) groups is 1. The van der Waals surface area contributed by atoms with Gasteiger partial charge in [0, 0.05) is 50.4 Å². The number of aliphatic carboxylic acids is 1. The van der Waals surface area contributed by atoms with Crippen molar-refractivity contribution in [2.24, 2.45) is 5.92 Å². The zero-order chi connectivity index (χ0) is 40.3. The van der Waals surface area contributed by atoms with Gasteiger partial charge in [-0.1, -0.05) is 37.6 Å². The zero-order valence-corrected chi connectivity index (χ0v) is 33.3. The predicted octanol–water partition coefficient (Wildman–Crippen LogP) is 6.74. The minimum atomic E-state index is -5.08. The average molecular weight is 821 g/mol. The first-order chi connectivity index (χ1) is 26.8. The van der Waals surface area contributed by atoms with Gasteiger partial charge < -0.3 is 29.7 Å². The SMILES string of the molecule is CC(C)(c1ccc(OCc2ccnc(N3CCN(CC4CCN(C5CCNCC5)CC4)CC3)n2)cc1)c1cc(Cl)c(OCCCl)c(C#N)c1.O=C(O)C(F)(F)F. The summed E-state index contributed by atoms with van der Waals surface area (Å²) >= 11 is 12.3. The van der Waals surface area contributed by atoms with Gasteiger partial charge in [-0.15, -0.1) is 11.6 Å². The molecule has 56 heavy (non-hydrogen) atoms. The van der Waals surface area contributed by atoms with Gasteiger partial charge in [0.1, 0.15) is 25.0 Å². The van der Waals surface area contributed by atoms with E-state index in [-0.39, 0.29) is 6.61 Å². The molecule has 0 atom stereocenters. The van der Waals surface area contributed by atoms with Crippen LogP contribution in [0.15, 0.2) is 48.7 Å². The molecule has 0 saturated carbocycles. The number of ether oxygens (including phenoxy) is 2. The number of halogens is 5. The van der Waals surface area contributed by atoms with Crippen LogP contribution in [0.3, 0.4) is 0 Å². The first-order valence-electron chi connectivity index (χ1n) is 19.0. The highest BCUT2D eigenvalue weighted by atomic mass is 35.5. The predicted molar refractivity (Wildman–Crippen MR) is 210 cm³/mol. The molecule has 3 aromatic rings. The number of hydrogen-bond donors (Lipinski definition) is 2. The molecule has 0 bridgehead atoms. The highest BCUT2D eigenvalue weighted by Gasteiger charge is 2.38. The highest BCUT2D eigenvalue weighted by Crippen LogP contribution is 2.38. The second-order valence-corrected chi connectivity index (χ2v) is 15.6. The summed E-state index contributed by atoms with van der Waals surface area (Å²) in [6.07, 6.45) is 2.02. The molecule has 0 unspecified atom stereocenters. The Morgan fingerprint density at radius 2 is 1.64 bits per heavy atom. The Hall–Kier alpha value is -3.87. The molecule has 0 aliphatic carbocycles. The lowest BCUT2D eigenvalue weighted by atomic mass is 9.77. The summed E-state index contributed by atoms with van der Waals surface area (Å²) < 4.78 is 43.5. The Kier molecular flexibility index (Phi) is 15.5. The maximum absolute atomic E-state index is 10.6. The van der Waals surface area contributed by atoms with Crippen molar-refractivity contribution < 1.29 is 32.5 Å². The monoisotopic (exact) mass is 819 g/mol. The molecule has 1 aromatic heterocycles. The standard InChI is InChI=1S/C38H49Cl2N7O2.C2HF3O2/c1-38(2,31-23-29(25-41)36(35(40)24-31)48-22-12-39)30-3-5-34(6-4-30)49-27-32-7-15-43-37(44-32)47-20-18-45(19-21-47)26-28-10-16-46(17-11-28)33-8-13-42-14-9-33;3-2(4,5)1(6)7/h3-7,15,23-24,28,33,42H,8-14,16-22,26-27H2,1-2H3;(H,6,7). The number of piperazine rings is 1. The van der Waals surface area contributed by atoms with E-state index in [9.17, 15) is 18.4 Å². The lowest BCUT2D eigenvalue weighted by Gasteiger charge is -2.41. The van der Waals surface area contributed by atoms with Crippen LogP contribution in [0.5, 0.6) is 11.5 Å². The smallest absolute Gasteiger partial charge is 0.489 e. The molecule has 0 radical (unpaired) electrons. The quantitative estimate of drug-likeness (QED) is 0.189. The third-order valence-electron chi connectivity index (χ3n) is 10.8. The largest absolute Gasteiger partial charge is 0.490 e. The number of alkyl halides is 4. The number of anilines is 1. The topological polar surface area (TPSA) is 127 Å². The molecule has 6 rings (SSSR count). The number of hydrogen-bond acceptors (Lipinski definition) is 10. The summed E-state index contributed by atoms with van der Waals surface area (Å²) in [6.45, 7) is 14.9. The van der Waals surface area contributed by atoms with E-state index in [0.29, 0.717) is 28.8 Å². The average Bonchev–Trinajstić information content (AvgIpc) is 3.20. The van der Waals surface area contributed by atoms with E-state index < -0.39 is 17.6 Å². The van der Waals surface area contributed by atoms with Crippen molar-refractivity contribution in [3.63, 3.8) is 0 Å². The van der Waals surface area contributed by atoms with Gasteiger partial charge >= 0.3 is 12.1 Å². The fourth-order valence-electron chi connectivity index (χ4n) is 7.40. The van der Waals surface area contributed by atoms with Gasteiger partial charge in [0.2, 0.25) is 5.95 Å². The molecule has 3 fully saturated rings. The Balaban J connectivity index is 0.000000784. The Bertz CT molecular complexity index is 1770. The van der Waals surface area contributed by atoms with E-state index >= 15 is 0 Å². The van der Waals surface area contributed by atoms with Crippen molar-refractivity contribution in [3.8, 4) is 17.6 Å². The minimum Gasteiger partial charge on any atom is -0.489 e. The Morgan fingerprint density at radius 3 is 2.25 bits per heavy atom. The van der Waals surface area contributed by atoms with E-state index in [1.807, 2.05) is 36.5 Å². The first-order valence-corrected chi connectivity index (χ1v) is 19.9. The number of benzene rings is 2. The molecule has 4 heterocycles. The summed E-state index contributed by atoms with van der Waals surface area (Å²) in [6, 6.07) is 16.7. The third-order valence-corrected chi connectivity index (χ3v) is 11.2. The van der Waals surface area contributed by atoms with Gasteiger partial charge in [-0.25, -0.2) is 14.8 Å². The Labute approximate surface area is 336 Å². The Morgan fingerprint density at radius 1 is 0.982 bits per heavy atom. The number of nitrogens with zero attached hydrogens (tertiary/aromatic N) is 6. The second kappa shape index (κ2) is 20.0. The number of carboxylic acids is 1. The van der Waals surface area contributed by atoms with Crippen molar-refractivity contribution in [3.05, 3.63) is 76.1 Å². The zero-order valence-electron chi connectivity index (χ0n) is 31.8. The van der Waals surface area contributed by atoms with E-state index in [4.69, 9.17) is 47.6 Å². The lowest BCUT2D eigenvalue weighted by molar-refractivity contribution is -0.192. The van der Waals surface area contributed by atoms with Gasteiger partial charge in [0.25, 0.3) is 0 Å². The molecule has 0 spiro atoms. The van der Waals surface area contributed by atoms with Crippen LogP contribution in [0.1, 0.15) is 61.9 Å². The van der Waals surface area contributed by atoms with Crippen LogP contribution < -0.4 is 19.7 Å². The van der Waals surface area contributed by atoms with Gasteiger partial charge in [-0.05, 0) is 99.2 Å². The summed E-state index contributed by atoms with van der Waals surface area (Å²) in [7, 11) is 0. The molecule has 0 amide bonds. The van der Waals surface area contributed by atoms with Gasteiger partial charge in [-0.3, -0.25) is 4.90 Å². The summed E-state index contributed by atoms with van der Waals surface area (Å²) in [5, 5.41) is 20.8. The maximum Gasteiger partial charge on any atom is 0.490 e. The van der Waals surface area contributed by atoms with Crippen LogP contribution >= 0.6 is 23.2 Å².